The van der Waals surface area contributed by atoms with Crippen LogP contribution in [0.5, 0.6) is 11.5 Å². The third-order valence-corrected chi connectivity index (χ3v) is 3.77. The van der Waals surface area contributed by atoms with Crippen LogP contribution in [0.2, 0.25) is 0 Å². The van der Waals surface area contributed by atoms with Crippen molar-refractivity contribution in [1.82, 2.24) is 5.32 Å². The van der Waals surface area contributed by atoms with Gasteiger partial charge in [0.15, 0.2) is 11.5 Å². The Labute approximate surface area is 143 Å². The van der Waals surface area contributed by atoms with Gasteiger partial charge in [-0.2, -0.15) is 0 Å². The van der Waals surface area contributed by atoms with Gasteiger partial charge in [-0.1, -0.05) is 24.3 Å². The maximum absolute atomic E-state index is 11.9. The molecule has 2 aromatic rings. The van der Waals surface area contributed by atoms with Crippen LogP contribution in [0.25, 0.3) is 0 Å². The Morgan fingerprint density at radius 1 is 1.04 bits per heavy atom. The number of aryl methyl sites for hydroxylation is 1. The Kier molecular flexibility index (Phi) is 6.49. The standard InChI is InChI=1S/C19H24N2O3/c1-14-6-4-5-7-16(14)21-13-19(22)20-11-10-15-8-9-17(23-2)18(12-15)24-3/h4-9,12,21H,10-11,13H2,1-3H3,(H,20,22). The zero-order chi connectivity index (χ0) is 17.4. The molecule has 0 heterocycles. The zero-order valence-corrected chi connectivity index (χ0v) is 14.4. The highest BCUT2D eigenvalue weighted by Crippen LogP contribution is 2.27. The molecule has 0 aromatic heterocycles. The first kappa shape index (κ1) is 17.7. The monoisotopic (exact) mass is 328 g/mol. The SMILES string of the molecule is COc1ccc(CCNC(=O)CNc2ccccc2C)cc1OC. The fraction of sp³-hybridized carbons (Fsp3) is 0.316. The van der Waals surface area contributed by atoms with E-state index >= 15 is 0 Å². The lowest BCUT2D eigenvalue weighted by Crippen LogP contribution is -2.31. The Morgan fingerprint density at radius 3 is 2.50 bits per heavy atom. The molecule has 0 saturated heterocycles. The normalized spacial score (nSPS) is 10.1. The van der Waals surface area contributed by atoms with Crippen LogP contribution >= 0.6 is 0 Å². The second kappa shape index (κ2) is 8.82. The molecule has 1 amide bonds. The fourth-order valence-corrected chi connectivity index (χ4v) is 2.39. The number of anilines is 1. The Morgan fingerprint density at radius 2 is 1.79 bits per heavy atom. The second-order valence-electron chi connectivity index (χ2n) is 5.46. The number of methoxy groups -OCH3 is 2. The van der Waals surface area contributed by atoms with Gasteiger partial charge in [0.2, 0.25) is 5.91 Å². The summed E-state index contributed by atoms with van der Waals surface area (Å²) in [5.74, 6) is 1.37. The van der Waals surface area contributed by atoms with E-state index in [-0.39, 0.29) is 12.5 Å². The van der Waals surface area contributed by atoms with Crippen LogP contribution < -0.4 is 20.1 Å². The second-order valence-corrected chi connectivity index (χ2v) is 5.46. The van der Waals surface area contributed by atoms with E-state index in [0.717, 1.165) is 23.2 Å². The van der Waals surface area contributed by atoms with E-state index in [2.05, 4.69) is 10.6 Å². The van der Waals surface area contributed by atoms with Crippen LogP contribution in [0.4, 0.5) is 5.69 Å². The van der Waals surface area contributed by atoms with Gasteiger partial charge in [0, 0.05) is 12.2 Å². The van der Waals surface area contributed by atoms with Crippen molar-refractivity contribution in [3.05, 3.63) is 53.6 Å². The van der Waals surface area contributed by atoms with Gasteiger partial charge in [-0.15, -0.1) is 0 Å². The average molecular weight is 328 g/mol. The predicted octanol–water partition coefficient (Wildman–Crippen LogP) is 2.78. The Balaban J connectivity index is 1.77. The molecule has 0 spiro atoms. The highest BCUT2D eigenvalue weighted by atomic mass is 16.5. The molecule has 0 fully saturated rings. The third kappa shape index (κ3) is 4.91. The lowest BCUT2D eigenvalue weighted by Gasteiger charge is -2.11. The van der Waals surface area contributed by atoms with Gasteiger partial charge in [0.1, 0.15) is 0 Å². The summed E-state index contributed by atoms with van der Waals surface area (Å²) in [4.78, 5) is 11.9. The van der Waals surface area contributed by atoms with Crippen molar-refractivity contribution < 1.29 is 14.3 Å². The lowest BCUT2D eigenvalue weighted by molar-refractivity contribution is -0.119. The van der Waals surface area contributed by atoms with Crippen LogP contribution in [0.3, 0.4) is 0 Å². The number of rotatable bonds is 8. The molecule has 0 aliphatic rings. The molecule has 0 saturated carbocycles. The van der Waals surface area contributed by atoms with Gasteiger partial charge in [-0.25, -0.2) is 0 Å². The summed E-state index contributed by atoms with van der Waals surface area (Å²) in [6.45, 7) is 2.85. The predicted molar refractivity (Wildman–Crippen MR) is 95.9 cm³/mol. The minimum atomic E-state index is -0.0290. The topological polar surface area (TPSA) is 59.6 Å². The number of amides is 1. The number of carbonyl (C=O) groups excluding carboxylic acids is 1. The van der Waals surface area contributed by atoms with Gasteiger partial charge in [-0.3, -0.25) is 4.79 Å². The maximum atomic E-state index is 11.9. The van der Waals surface area contributed by atoms with Crippen molar-refractivity contribution in [3.8, 4) is 11.5 Å². The number of hydrogen-bond donors (Lipinski definition) is 2. The molecule has 2 N–H and O–H groups in total. The van der Waals surface area contributed by atoms with Gasteiger partial charge in [0.05, 0.1) is 20.8 Å². The third-order valence-electron chi connectivity index (χ3n) is 3.77. The van der Waals surface area contributed by atoms with Gasteiger partial charge in [0.25, 0.3) is 0 Å². The highest BCUT2D eigenvalue weighted by Gasteiger charge is 2.06. The lowest BCUT2D eigenvalue weighted by atomic mass is 10.1. The first-order valence-electron chi connectivity index (χ1n) is 7.91. The summed E-state index contributed by atoms with van der Waals surface area (Å²) in [6.07, 6.45) is 0.733. The smallest absolute Gasteiger partial charge is 0.239 e. The molecule has 0 aliphatic heterocycles. The van der Waals surface area contributed by atoms with Crippen LogP contribution in [-0.4, -0.2) is 33.2 Å². The number of para-hydroxylation sites is 1. The summed E-state index contributed by atoms with van der Waals surface area (Å²) in [5, 5.41) is 6.06. The van der Waals surface area contributed by atoms with Crippen molar-refractivity contribution >= 4 is 11.6 Å². The molecule has 0 aliphatic carbocycles. The minimum absolute atomic E-state index is 0.0290. The summed E-state index contributed by atoms with van der Waals surface area (Å²) >= 11 is 0. The number of ether oxygens (including phenoxy) is 2. The number of carbonyl (C=O) groups is 1. The quantitative estimate of drug-likeness (QED) is 0.782. The summed E-state index contributed by atoms with van der Waals surface area (Å²) < 4.78 is 10.5. The van der Waals surface area contributed by atoms with E-state index in [4.69, 9.17) is 9.47 Å². The van der Waals surface area contributed by atoms with E-state index in [0.29, 0.717) is 18.0 Å². The molecule has 0 unspecified atom stereocenters. The van der Waals surface area contributed by atoms with Crippen LogP contribution in [-0.2, 0) is 11.2 Å². The van der Waals surface area contributed by atoms with E-state index in [1.165, 1.54) is 0 Å². The molecule has 5 nitrogen and oxygen atoms in total. The van der Waals surface area contributed by atoms with Crippen molar-refractivity contribution in [2.75, 3.05) is 32.6 Å². The average Bonchev–Trinajstić information content (AvgIpc) is 2.61. The molecule has 2 rings (SSSR count). The molecular weight excluding hydrogens is 304 g/mol. The molecule has 0 radical (unpaired) electrons. The van der Waals surface area contributed by atoms with Crippen molar-refractivity contribution in [2.24, 2.45) is 0 Å². The van der Waals surface area contributed by atoms with Crippen LogP contribution in [0.1, 0.15) is 11.1 Å². The number of hydrogen-bond acceptors (Lipinski definition) is 4. The van der Waals surface area contributed by atoms with Crippen molar-refractivity contribution in [1.29, 1.82) is 0 Å². The van der Waals surface area contributed by atoms with Crippen LogP contribution in [0, 0.1) is 6.92 Å². The first-order valence-corrected chi connectivity index (χ1v) is 7.91. The number of nitrogens with one attached hydrogen (secondary N) is 2. The minimum Gasteiger partial charge on any atom is -0.493 e. The molecule has 128 valence electrons. The van der Waals surface area contributed by atoms with Crippen molar-refractivity contribution in [2.45, 2.75) is 13.3 Å². The van der Waals surface area contributed by atoms with Crippen molar-refractivity contribution in [3.63, 3.8) is 0 Å². The maximum Gasteiger partial charge on any atom is 0.239 e. The largest absolute Gasteiger partial charge is 0.493 e. The van der Waals surface area contributed by atoms with Gasteiger partial charge < -0.3 is 20.1 Å². The zero-order valence-electron chi connectivity index (χ0n) is 14.4. The van der Waals surface area contributed by atoms with E-state index in [1.807, 2.05) is 49.4 Å². The molecule has 2 aromatic carbocycles. The van der Waals surface area contributed by atoms with Crippen LogP contribution in [0.15, 0.2) is 42.5 Å². The fourth-order valence-electron chi connectivity index (χ4n) is 2.39. The number of benzene rings is 2. The summed E-state index contributed by atoms with van der Waals surface area (Å²) in [5.41, 5.74) is 3.18. The van der Waals surface area contributed by atoms with Gasteiger partial charge >= 0.3 is 0 Å². The molecular formula is C19H24N2O3. The molecule has 0 bridgehead atoms. The Bertz CT molecular complexity index is 686. The molecule has 5 heteroatoms. The van der Waals surface area contributed by atoms with E-state index < -0.39 is 0 Å². The summed E-state index contributed by atoms with van der Waals surface area (Å²) in [6, 6.07) is 13.7. The molecule has 24 heavy (non-hydrogen) atoms. The first-order chi connectivity index (χ1) is 11.6. The van der Waals surface area contributed by atoms with E-state index in [9.17, 15) is 4.79 Å². The van der Waals surface area contributed by atoms with Gasteiger partial charge in [-0.05, 0) is 42.7 Å². The molecule has 0 atom stereocenters. The van der Waals surface area contributed by atoms with E-state index in [1.54, 1.807) is 14.2 Å². The summed E-state index contributed by atoms with van der Waals surface area (Å²) in [7, 11) is 3.22. The highest BCUT2D eigenvalue weighted by molar-refractivity contribution is 5.80. The Hall–Kier alpha value is -2.69.